The van der Waals surface area contributed by atoms with E-state index in [2.05, 4.69) is 12.2 Å². The van der Waals surface area contributed by atoms with Crippen molar-refractivity contribution in [3.05, 3.63) is 0 Å². The van der Waals surface area contributed by atoms with Crippen LogP contribution in [0.15, 0.2) is 0 Å². The molecule has 0 aromatic rings. The Balaban J connectivity index is 4.05. The molecule has 0 aromatic carbocycles. The van der Waals surface area contributed by atoms with Crippen LogP contribution in [-0.2, 0) is 14.6 Å². The van der Waals surface area contributed by atoms with Gasteiger partial charge in [0, 0.05) is 18.2 Å². The Labute approximate surface area is 98.7 Å². The fourth-order valence-corrected chi connectivity index (χ4v) is 1.79. The average Bonchev–Trinajstić information content (AvgIpc) is 2.12. The second kappa shape index (κ2) is 6.23. The Kier molecular flexibility index (Phi) is 6.00. The molecule has 0 unspecified atom stereocenters. The van der Waals surface area contributed by atoms with Crippen LogP contribution in [0.25, 0.3) is 0 Å². The number of carbonyl (C=O) groups excluding carboxylic acids is 1. The fourth-order valence-electron chi connectivity index (χ4n) is 1.32. The quantitative estimate of drug-likeness (QED) is 0.741. The highest BCUT2D eigenvalue weighted by atomic mass is 32.2. The summed E-state index contributed by atoms with van der Waals surface area (Å²) in [6.45, 7) is 6.06. The molecule has 1 amide bonds. The highest BCUT2D eigenvalue weighted by molar-refractivity contribution is 7.90. The van der Waals surface area contributed by atoms with Gasteiger partial charge in [-0.3, -0.25) is 4.79 Å². The molecule has 0 bridgehead atoms. The van der Waals surface area contributed by atoms with Gasteiger partial charge in [-0.2, -0.15) is 0 Å². The maximum absolute atomic E-state index is 11.8. The Bertz CT molecular complexity index is 320. The van der Waals surface area contributed by atoms with Crippen LogP contribution in [0.2, 0.25) is 0 Å². The monoisotopic (exact) mass is 249 g/mol. The topological polar surface area (TPSA) is 63.2 Å². The molecule has 0 aliphatic heterocycles. The van der Waals surface area contributed by atoms with Crippen LogP contribution in [0, 0.1) is 5.41 Å². The summed E-state index contributed by atoms with van der Waals surface area (Å²) in [7, 11) is -3.00. The van der Waals surface area contributed by atoms with E-state index in [1.807, 2.05) is 13.8 Å². The van der Waals surface area contributed by atoms with Crippen molar-refractivity contribution in [2.24, 2.45) is 5.41 Å². The average molecular weight is 249 g/mol. The predicted octanol–water partition coefficient (Wildman–Crippen LogP) is 1.36. The zero-order chi connectivity index (χ0) is 12.8. The minimum absolute atomic E-state index is 0.00258. The van der Waals surface area contributed by atoms with E-state index in [0.717, 1.165) is 19.3 Å². The molecule has 0 aromatic heterocycles. The van der Waals surface area contributed by atoms with Gasteiger partial charge in [-0.25, -0.2) is 8.42 Å². The fraction of sp³-hybridized carbons (Fsp3) is 0.909. The lowest BCUT2D eigenvalue weighted by molar-refractivity contribution is -0.129. The van der Waals surface area contributed by atoms with Crippen molar-refractivity contribution in [3.63, 3.8) is 0 Å². The minimum atomic E-state index is -3.00. The SMILES string of the molecule is CCCCC(C)(C)C(=O)NCCS(C)(=O)=O. The van der Waals surface area contributed by atoms with Gasteiger partial charge in [0.25, 0.3) is 0 Å². The first-order chi connectivity index (χ1) is 7.19. The maximum atomic E-state index is 11.8. The number of rotatable bonds is 7. The van der Waals surface area contributed by atoms with Crippen LogP contribution in [0.5, 0.6) is 0 Å². The highest BCUT2D eigenvalue weighted by Gasteiger charge is 2.26. The summed E-state index contributed by atoms with van der Waals surface area (Å²) in [5.41, 5.74) is -0.409. The van der Waals surface area contributed by atoms with E-state index in [0.29, 0.717) is 0 Å². The number of hydrogen-bond donors (Lipinski definition) is 1. The molecule has 0 radical (unpaired) electrons. The standard InChI is InChI=1S/C11H23NO3S/c1-5-6-7-11(2,3)10(13)12-8-9-16(4,14)15/h5-9H2,1-4H3,(H,12,13). The molecule has 1 N–H and O–H groups in total. The molecular weight excluding hydrogens is 226 g/mol. The van der Waals surface area contributed by atoms with Gasteiger partial charge in [0.2, 0.25) is 5.91 Å². The van der Waals surface area contributed by atoms with Crippen LogP contribution in [0.3, 0.4) is 0 Å². The van der Waals surface area contributed by atoms with Crippen LogP contribution in [0.4, 0.5) is 0 Å². The van der Waals surface area contributed by atoms with E-state index < -0.39 is 15.3 Å². The lowest BCUT2D eigenvalue weighted by Crippen LogP contribution is -2.39. The van der Waals surface area contributed by atoms with Crippen LogP contribution in [0.1, 0.15) is 40.0 Å². The molecule has 0 aliphatic rings. The summed E-state index contributed by atoms with van der Waals surface area (Å²) in [4.78, 5) is 11.8. The highest BCUT2D eigenvalue weighted by Crippen LogP contribution is 2.23. The van der Waals surface area contributed by atoms with Gasteiger partial charge >= 0.3 is 0 Å². The molecule has 96 valence electrons. The lowest BCUT2D eigenvalue weighted by atomic mass is 9.86. The van der Waals surface area contributed by atoms with Gasteiger partial charge in [-0.05, 0) is 6.42 Å². The molecule has 16 heavy (non-hydrogen) atoms. The van der Waals surface area contributed by atoms with E-state index in [4.69, 9.17) is 0 Å². The van der Waals surface area contributed by atoms with Crippen molar-refractivity contribution < 1.29 is 13.2 Å². The summed E-state index contributed by atoms with van der Waals surface area (Å²) >= 11 is 0. The Hall–Kier alpha value is -0.580. The first-order valence-corrected chi connectivity index (χ1v) is 7.71. The van der Waals surface area contributed by atoms with E-state index in [9.17, 15) is 13.2 Å². The summed E-state index contributed by atoms with van der Waals surface area (Å²) in [6.07, 6.45) is 4.06. The van der Waals surface area contributed by atoms with E-state index in [1.165, 1.54) is 6.26 Å². The van der Waals surface area contributed by atoms with Crippen molar-refractivity contribution in [1.29, 1.82) is 0 Å². The number of nitrogens with one attached hydrogen (secondary N) is 1. The summed E-state index contributed by atoms with van der Waals surface area (Å²) in [5.74, 6) is -0.0626. The Morgan fingerprint density at radius 3 is 2.31 bits per heavy atom. The molecule has 0 heterocycles. The smallest absolute Gasteiger partial charge is 0.225 e. The summed E-state index contributed by atoms with van der Waals surface area (Å²) < 4.78 is 21.8. The molecule has 0 saturated carbocycles. The van der Waals surface area contributed by atoms with E-state index in [1.54, 1.807) is 0 Å². The largest absolute Gasteiger partial charge is 0.355 e. The van der Waals surface area contributed by atoms with Crippen molar-refractivity contribution in [3.8, 4) is 0 Å². The molecule has 5 heteroatoms. The molecule has 0 aliphatic carbocycles. The number of amides is 1. The molecule has 0 spiro atoms. The van der Waals surface area contributed by atoms with Crippen LogP contribution >= 0.6 is 0 Å². The number of carbonyl (C=O) groups is 1. The van der Waals surface area contributed by atoms with Crippen molar-refractivity contribution in [2.75, 3.05) is 18.6 Å². The second-order valence-electron chi connectivity index (χ2n) is 4.87. The van der Waals surface area contributed by atoms with E-state index >= 15 is 0 Å². The van der Waals surface area contributed by atoms with E-state index in [-0.39, 0.29) is 18.2 Å². The third kappa shape index (κ3) is 6.82. The molecule has 0 saturated heterocycles. The number of unbranched alkanes of at least 4 members (excludes halogenated alkanes) is 1. The predicted molar refractivity (Wildman–Crippen MR) is 66.0 cm³/mol. The van der Waals surface area contributed by atoms with Gasteiger partial charge in [0.1, 0.15) is 9.84 Å². The third-order valence-electron chi connectivity index (χ3n) is 2.53. The van der Waals surface area contributed by atoms with Gasteiger partial charge in [0.15, 0.2) is 0 Å². The van der Waals surface area contributed by atoms with Gasteiger partial charge in [-0.1, -0.05) is 33.6 Å². The normalized spacial score (nSPS) is 12.5. The molecular formula is C11H23NO3S. The molecule has 0 atom stereocenters. The zero-order valence-electron chi connectivity index (χ0n) is 10.7. The third-order valence-corrected chi connectivity index (χ3v) is 3.47. The molecule has 0 fully saturated rings. The Morgan fingerprint density at radius 2 is 1.88 bits per heavy atom. The van der Waals surface area contributed by atoms with Gasteiger partial charge < -0.3 is 5.32 Å². The Morgan fingerprint density at radius 1 is 1.31 bits per heavy atom. The van der Waals surface area contributed by atoms with Gasteiger partial charge in [0.05, 0.1) is 5.75 Å². The van der Waals surface area contributed by atoms with Crippen LogP contribution < -0.4 is 5.32 Å². The molecule has 0 rings (SSSR count). The van der Waals surface area contributed by atoms with Crippen molar-refractivity contribution >= 4 is 15.7 Å². The molecule has 4 nitrogen and oxygen atoms in total. The number of hydrogen-bond acceptors (Lipinski definition) is 3. The minimum Gasteiger partial charge on any atom is -0.355 e. The zero-order valence-corrected chi connectivity index (χ0v) is 11.5. The number of sulfone groups is 1. The second-order valence-corrected chi connectivity index (χ2v) is 7.13. The summed E-state index contributed by atoms with van der Waals surface area (Å²) in [5, 5.41) is 2.67. The summed E-state index contributed by atoms with van der Waals surface area (Å²) in [6, 6.07) is 0. The maximum Gasteiger partial charge on any atom is 0.225 e. The van der Waals surface area contributed by atoms with Crippen molar-refractivity contribution in [1.82, 2.24) is 5.32 Å². The van der Waals surface area contributed by atoms with Crippen LogP contribution in [-0.4, -0.2) is 32.9 Å². The first kappa shape index (κ1) is 15.4. The van der Waals surface area contributed by atoms with Gasteiger partial charge in [-0.15, -0.1) is 0 Å². The lowest BCUT2D eigenvalue weighted by Gasteiger charge is -2.23. The van der Waals surface area contributed by atoms with Crippen molar-refractivity contribution in [2.45, 2.75) is 40.0 Å². The first-order valence-electron chi connectivity index (χ1n) is 5.65.